The maximum absolute atomic E-state index is 12.1. The van der Waals surface area contributed by atoms with E-state index >= 15 is 0 Å². The van der Waals surface area contributed by atoms with Crippen molar-refractivity contribution in [2.24, 2.45) is 0 Å². The van der Waals surface area contributed by atoms with E-state index in [4.69, 9.17) is 23.2 Å². The van der Waals surface area contributed by atoms with Crippen LogP contribution in [0.25, 0.3) is 17.0 Å². The Bertz CT molecular complexity index is 870. The van der Waals surface area contributed by atoms with Crippen molar-refractivity contribution >= 4 is 46.0 Å². The lowest BCUT2D eigenvalue weighted by molar-refractivity contribution is 0.104. The molecule has 0 spiro atoms. The Hall–Kier alpha value is -2.16. The summed E-state index contributed by atoms with van der Waals surface area (Å²) in [5.74, 6) is -0.110. The fourth-order valence-electron chi connectivity index (χ4n) is 2.10. The summed E-state index contributed by atoms with van der Waals surface area (Å²) in [6.45, 7) is 0. The number of pyridine rings is 1. The molecular weight excluding hydrogens is 317 g/mol. The molecule has 0 aliphatic heterocycles. The molecule has 3 aromatic rings. The van der Waals surface area contributed by atoms with Gasteiger partial charge in [-0.25, -0.2) is 4.98 Å². The summed E-state index contributed by atoms with van der Waals surface area (Å²) in [6, 6.07) is 16.4. The zero-order valence-electron chi connectivity index (χ0n) is 11.5. The van der Waals surface area contributed by atoms with Gasteiger partial charge in [0.15, 0.2) is 5.78 Å². The maximum Gasteiger partial charge on any atom is 0.185 e. The predicted molar refractivity (Wildman–Crippen MR) is 91.6 cm³/mol. The molecule has 2 nitrogen and oxygen atoms in total. The van der Waals surface area contributed by atoms with Gasteiger partial charge in [-0.15, -0.1) is 0 Å². The van der Waals surface area contributed by atoms with Crippen molar-refractivity contribution in [1.82, 2.24) is 4.98 Å². The second-order valence-corrected chi connectivity index (χ2v) is 5.56. The molecule has 0 aliphatic carbocycles. The van der Waals surface area contributed by atoms with Crippen molar-refractivity contribution < 1.29 is 4.79 Å². The van der Waals surface area contributed by atoms with Gasteiger partial charge in [-0.1, -0.05) is 41.4 Å². The number of nitrogens with zero attached hydrogens (tertiary/aromatic N) is 1. The van der Waals surface area contributed by atoms with Gasteiger partial charge in [0.05, 0.1) is 5.52 Å². The number of benzene rings is 2. The van der Waals surface area contributed by atoms with E-state index < -0.39 is 0 Å². The molecule has 3 rings (SSSR count). The van der Waals surface area contributed by atoms with Crippen LogP contribution in [0.4, 0.5) is 0 Å². The highest BCUT2D eigenvalue weighted by Crippen LogP contribution is 2.21. The first-order valence-electron chi connectivity index (χ1n) is 6.67. The van der Waals surface area contributed by atoms with E-state index in [2.05, 4.69) is 4.98 Å². The number of carbonyl (C=O) groups excluding carboxylic acids is 1. The molecule has 0 atom stereocenters. The van der Waals surface area contributed by atoms with Gasteiger partial charge in [-0.05, 0) is 48.6 Å². The topological polar surface area (TPSA) is 30.0 Å². The van der Waals surface area contributed by atoms with Crippen LogP contribution in [0.1, 0.15) is 15.9 Å². The lowest BCUT2D eigenvalue weighted by Crippen LogP contribution is -1.93. The van der Waals surface area contributed by atoms with Crippen LogP contribution in [-0.2, 0) is 0 Å². The molecule has 0 fully saturated rings. The van der Waals surface area contributed by atoms with Gasteiger partial charge < -0.3 is 0 Å². The van der Waals surface area contributed by atoms with Gasteiger partial charge in [-0.3, -0.25) is 4.79 Å². The van der Waals surface area contributed by atoms with Crippen LogP contribution in [0.15, 0.2) is 60.7 Å². The molecule has 0 bridgehead atoms. The van der Waals surface area contributed by atoms with Crippen LogP contribution in [0.5, 0.6) is 0 Å². The lowest BCUT2D eigenvalue weighted by Gasteiger charge is -2.02. The quantitative estimate of drug-likeness (QED) is 0.364. The van der Waals surface area contributed by atoms with Crippen LogP contribution in [0.3, 0.4) is 0 Å². The number of allylic oxidation sites excluding steroid dienone is 1. The Morgan fingerprint density at radius 3 is 2.50 bits per heavy atom. The van der Waals surface area contributed by atoms with Gasteiger partial charge in [0.2, 0.25) is 0 Å². The van der Waals surface area contributed by atoms with Gasteiger partial charge in [-0.2, -0.15) is 0 Å². The number of fused-ring (bicyclic) bond motifs is 1. The summed E-state index contributed by atoms with van der Waals surface area (Å²) < 4.78 is 0. The van der Waals surface area contributed by atoms with Crippen LogP contribution in [0.2, 0.25) is 10.2 Å². The Balaban J connectivity index is 1.90. The number of carbonyl (C=O) groups is 1. The SMILES string of the molecule is O=C(/C=C/c1cc2ccccc2nc1Cl)c1ccc(Cl)cc1. The number of ketones is 1. The summed E-state index contributed by atoms with van der Waals surface area (Å²) in [5.41, 5.74) is 2.11. The van der Waals surface area contributed by atoms with E-state index in [0.717, 1.165) is 10.9 Å². The molecule has 0 unspecified atom stereocenters. The highest BCUT2D eigenvalue weighted by atomic mass is 35.5. The van der Waals surface area contributed by atoms with Gasteiger partial charge >= 0.3 is 0 Å². The van der Waals surface area contributed by atoms with Crippen molar-refractivity contribution in [3.05, 3.63) is 82.0 Å². The number of rotatable bonds is 3. The summed E-state index contributed by atoms with van der Waals surface area (Å²) in [5, 5.41) is 1.95. The average molecular weight is 328 g/mol. The zero-order chi connectivity index (χ0) is 15.5. The van der Waals surface area contributed by atoms with E-state index in [1.807, 2.05) is 30.3 Å². The van der Waals surface area contributed by atoms with E-state index in [1.54, 1.807) is 30.3 Å². The van der Waals surface area contributed by atoms with Crippen LogP contribution < -0.4 is 0 Å². The van der Waals surface area contributed by atoms with E-state index in [-0.39, 0.29) is 5.78 Å². The predicted octanol–water partition coefficient (Wildman–Crippen LogP) is 5.44. The molecule has 0 aliphatic rings. The number of aromatic nitrogens is 1. The second-order valence-electron chi connectivity index (χ2n) is 4.77. The summed E-state index contributed by atoms with van der Waals surface area (Å²) in [7, 11) is 0. The van der Waals surface area contributed by atoms with Gasteiger partial charge in [0.25, 0.3) is 0 Å². The Morgan fingerprint density at radius 2 is 1.73 bits per heavy atom. The van der Waals surface area contributed by atoms with Crippen molar-refractivity contribution in [2.45, 2.75) is 0 Å². The third-order valence-electron chi connectivity index (χ3n) is 3.25. The van der Waals surface area contributed by atoms with Crippen molar-refractivity contribution in [3.63, 3.8) is 0 Å². The summed E-state index contributed by atoms with van der Waals surface area (Å²) >= 11 is 12.0. The third-order valence-corrected chi connectivity index (χ3v) is 3.80. The van der Waals surface area contributed by atoms with Gasteiger partial charge in [0, 0.05) is 21.5 Å². The molecule has 22 heavy (non-hydrogen) atoms. The highest BCUT2D eigenvalue weighted by molar-refractivity contribution is 6.31. The average Bonchev–Trinajstić information content (AvgIpc) is 2.53. The second kappa shape index (κ2) is 6.30. The highest BCUT2D eigenvalue weighted by Gasteiger charge is 2.04. The molecule has 1 heterocycles. The fraction of sp³-hybridized carbons (Fsp3) is 0. The number of halogens is 2. The largest absolute Gasteiger partial charge is 0.289 e. The molecule has 4 heteroatoms. The molecule has 1 aromatic heterocycles. The molecule has 0 saturated heterocycles. The Morgan fingerprint density at radius 1 is 1.00 bits per heavy atom. The molecule has 0 N–H and O–H groups in total. The van der Waals surface area contributed by atoms with Crippen molar-refractivity contribution in [3.8, 4) is 0 Å². The molecule has 0 saturated carbocycles. The number of para-hydroxylation sites is 1. The minimum absolute atomic E-state index is 0.110. The van der Waals surface area contributed by atoms with Crippen molar-refractivity contribution in [1.29, 1.82) is 0 Å². The minimum atomic E-state index is -0.110. The lowest BCUT2D eigenvalue weighted by atomic mass is 10.1. The fourth-order valence-corrected chi connectivity index (χ4v) is 2.44. The zero-order valence-corrected chi connectivity index (χ0v) is 13.0. The monoisotopic (exact) mass is 327 g/mol. The summed E-state index contributed by atoms with van der Waals surface area (Å²) in [6.07, 6.45) is 3.17. The van der Waals surface area contributed by atoms with Crippen LogP contribution in [0, 0.1) is 0 Å². The summed E-state index contributed by atoms with van der Waals surface area (Å²) in [4.78, 5) is 16.4. The molecule has 0 amide bonds. The van der Waals surface area contributed by atoms with E-state index in [9.17, 15) is 4.79 Å². The number of hydrogen-bond donors (Lipinski definition) is 0. The van der Waals surface area contributed by atoms with E-state index in [0.29, 0.717) is 21.3 Å². The molecule has 108 valence electrons. The third kappa shape index (κ3) is 3.19. The standard InChI is InChI=1S/C18H11Cl2NO/c19-15-8-5-12(6-9-15)17(22)10-7-14-11-13-3-1-2-4-16(13)21-18(14)20/h1-11H/b10-7+. The smallest absolute Gasteiger partial charge is 0.185 e. The Labute approximate surface area is 138 Å². The van der Waals surface area contributed by atoms with Crippen LogP contribution in [-0.4, -0.2) is 10.8 Å². The Kier molecular flexibility index (Phi) is 4.23. The molecular formula is C18H11Cl2NO. The minimum Gasteiger partial charge on any atom is -0.289 e. The van der Waals surface area contributed by atoms with E-state index in [1.165, 1.54) is 6.08 Å². The molecule has 0 radical (unpaired) electrons. The normalized spacial score (nSPS) is 11.2. The van der Waals surface area contributed by atoms with Gasteiger partial charge in [0.1, 0.15) is 5.15 Å². The first-order chi connectivity index (χ1) is 10.6. The first-order valence-corrected chi connectivity index (χ1v) is 7.42. The first kappa shape index (κ1) is 14.8. The number of hydrogen-bond acceptors (Lipinski definition) is 2. The maximum atomic E-state index is 12.1. The van der Waals surface area contributed by atoms with Crippen LogP contribution >= 0.6 is 23.2 Å². The van der Waals surface area contributed by atoms with Crippen molar-refractivity contribution in [2.75, 3.05) is 0 Å². The molecule has 2 aromatic carbocycles.